The van der Waals surface area contributed by atoms with E-state index in [2.05, 4.69) is 0 Å². The van der Waals surface area contributed by atoms with Crippen LogP contribution in [0.5, 0.6) is 0 Å². The Bertz CT molecular complexity index is 669. The molecule has 6 nitrogen and oxygen atoms in total. The van der Waals surface area contributed by atoms with Gasteiger partial charge in [-0.05, 0) is 17.7 Å². The molecule has 0 saturated carbocycles. The van der Waals surface area contributed by atoms with Crippen LogP contribution in [0.2, 0.25) is 0 Å². The number of aromatic nitrogens is 1. The SMILES string of the molecule is Cn1c(=O)oc2ccc(C3(C(O)CN)COC3)cc21. The van der Waals surface area contributed by atoms with Gasteiger partial charge in [0.25, 0.3) is 0 Å². The first kappa shape index (κ1) is 12.4. The first-order chi connectivity index (χ1) is 9.08. The Morgan fingerprint density at radius 3 is 2.84 bits per heavy atom. The molecule has 1 aromatic heterocycles. The number of nitrogens with zero attached hydrogens (tertiary/aromatic N) is 1. The fraction of sp³-hybridized carbons (Fsp3) is 0.462. The van der Waals surface area contributed by atoms with Crippen molar-refractivity contribution in [2.24, 2.45) is 12.8 Å². The molecule has 1 unspecified atom stereocenters. The highest BCUT2D eigenvalue weighted by molar-refractivity contribution is 5.74. The summed E-state index contributed by atoms with van der Waals surface area (Å²) in [5.74, 6) is -0.398. The van der Waals surface area contributed by atoms with Gasteiger partial charge >= 0.3 is 5.76 Å². The molecule has 102 valence electrons. The maximum atomic E-state index is 11.5. The lowest BCUT2D eigenvalue weighted by Gasteiger charge is -2.45. The molecule has 1 fully saturated rings. The number of aryl methyl sites for hydroxylation is 1. The molecule has 1 atom stereocenters. The molecule has 1 aromatic carbocycles. The lowest BCUT2D eigenvalue weighted by Crippen LogP contribution is -2.57. The van der Waals surface area contributed by atoms with Gasteiger partial charge < -0.3 is 20.0 Å². The summed E-state index contributed by atoms with van der Waals surface area (Å²) in [5.41, 5.74) is 7.26. The maximum Gasteiger partial charge on any atom is 0.419 e. The molecule has 0 amide bonds. The van der Waals surface area contributed by atoms with Crippen molar-refractivity contribution in [3.63, 3.8) is 0 Å². The summed E-state index contributed by atoms with van der Waals surface area (Å²) in [6.07, 6.45) is -0.664. The highest BCUT2D eigenvalue weighted by Gasteiger charge is 2.46. The van der Waals surface area contributed by atoms with Crippen molar-refractivity contribution in [1.82, 2.24) is 4.57 Å². The van der Waals surface area contributed by atoms with Gasteiger partial charge in [0.05, 0.1) is 30.2 Å². The molecular weight excluding hydrogens is 248 g/mol. The number of oxazole rings is 1. The third-order valence-corrected chi connectivity index (χ3v) is 3.95. The van der Waals surface area contributed by atoms with E-state index in [1.54, 1.807) is 13.1 Å². The lowest BCUT2D eigenvalue weighted by atomic mass is 9.74. The first-order valence-electron chi connectivity index (χ1n) is 6.14. The predicted molar refractivity (Wildman–Crippen MR) is 69.0 cm³/mol. The molecule has 0 bridgehead atoms. The monoisotopic (exact) mass is 264 g/mol. The molecule has 0 aliphatic carbocycles. The van der Waals surface area contributed by atoms with Gasteiger partial charge in [-0.15, -0.1) is 0 Å². The third kappa shape index (κ3) is 1.64. The summed E-state index contributed by atoms with van der Waals surface area (Å²) in [6, 6.07) is 5.46. The number of hydrogen-bond acceptors (Lipinski definition) is 5. The van der Waals surface area contributed by atoms with Crippen LogP contribution >= 0.6 is 0 Å². The van der Waals surface area contributed by atoms with E-state index in [-0.39, 0.29) is 6.54 Å². The summed E-state index contributed by atoms with van der Waals surface area (Å²) < 4.78 is 11.8. The van der Waals surface area contributed by atoms with E-state index in [9.17, 15) is 9.90 Å². The van der Waals surface area contributed by atoms with Crippen LogP contribution in [0, 0.1) is 0 Å². The molecule has 0 spiro atoms. The zero-order valence-electron chi connectivity index (χ0n) is 10.6. The average molecular weight is 264 g/mol. The lowest BCUT2D eigenvalue weighted by molar-refractivity contribution is -0.116. The number of hydrogen-bond donors (Lipinski definition) is 2. The van der Waals surface area contributed by atoms with E-state index in [1.165, 1.54) is 4.57 Å². The van der Waals surface area contributed by atoms with Crippen molar-refractivity contribution < 1.29 is 14.3 Å². The second-order valence-electron chi connectivity index (χ2n) is 5.01. The van der Waals surface area contributed by atoms with Crippen molar-refractivity contribution in [2.75, 3.05) is 19.8 Å². The Labute approximate surface area is 109 Å². The Hall–Kier alpha value is -1.63. The standard InChI is InChI=1S/C13H16N2O4/c1-15-9-4-8(2-3-10(9)19-12(15)17)13(6-18-7-13)11(16)5-14/h2-4,11,16H,5-7,14H2,1H3. The van der Waals surface area contributed by atoms with E-state index in [4.69, 9.17) is 14.9 Å². The highest BCUT2D eigenvalue weighted by Crippen LogP contribution is 2.36. The quantitative estimate of drug-likeness (QED) is 0.795. The highest BCUT2D eigenvalue weighted by atomic mass is 16.5. The molecule has 2 aromatic rings. The van der Waals surface area contributed by atoms with Gasteiger partial charge in [0.2, 0.25) is 0 Å². The van der Waals surface area contributed by atoms with Crippen LogP contribution in [0.1, 0.15) is 5.56 Å². The average Bonchev–Trinajstić information content (AvgIpc) is 2.64. The number of rotatable bonds is 3. The number of ether oxygens (including phenoxy) is 1. The van der Waals surface area contributed by atoms with Gasteiger partial charge in [-0.1, -0.05) is 6.07 Å². The van der Waals surface area contributed by atoms with Gasteiger partial charge in [-0.2, -0.15) is 0 Å². The Balaban J connectivity index is 2.14. The molecule has 2 heterocycles. The van der Waals surface area contributed by atoms with Gasteiger partial charge in [0, 0.05) is 13.6 Å². The van der Waals surface area contributed by atoms with Crippen LogP contribution in [-0.2, 0) is 17.2 Å². The Morgan fingerprint density at radius 1 is 1.53 bits per heavy atom. The van der Waals surface area contributed by atoms with E-state index in [1.807, 2.05) is 12.1 Å². The summed E-state index contributed by atoms with van der Waals surface area (Å²) in [6.45, 7) is 1.04. The number of aliphatic hydroxyl groups is 1. The van der Waals surface area contributed by atoms with E-state index in [0.717, 1.165) is 5.56 Å². The second kappa shape index (κ2) is 4.19. The minimum absolute atomic E-state index is 0.172. The predicted octanol–water partition coefficient (Wildman–Crippen LogP) is -0.281. The van der Waals surface area contributed by atoms with Crippen LogP contribution in [0.25, 0.3) is 11.1 Å². The third-order valence-electron chi connectivity index (χ3n) is 3.95. The normalized spacial score (nSPS) is 19.3. The summed E-state index contributed by atoms with van der Waals surface area (Å²) in [7, 11) is 1.65. The van der Waals surface area contributed by atoms with Crippen LogP contribution in [0.15, 0.2) is 27.4 Å². The van der Waals surface area contributed by atoms with Gasteiger partial charge in [0.1, 0.15) is 0 Å². The zero-order valence-corrected chi connectivity index (χ0v) is 10.6. The van der Waals surface area contributed by atoms with Gasteiger partial charge in [0.15, 0.2) is 5.58 Å². The summed E-state index contributed by atoms with van der Waals surface area (Å²) >= 11 is 0. The molecule has 0 radical (unpaired) electrons. The van der Waals surface area contributed by atoms with Crippen LogP contribution in [0.4, 0.5) is 0 Å². The van der Waals surface area contributed by atoms with Crippen molar-refractivity contribution in [3.05, 3.63) is 34.3 Å². The molecule has 1 saturated heterocycles. The second-order valence-corrected chi connectivity index (χ2v) is 5.01. The van der Waals surface area contributed by atoms with Crippen LogP contribution in [0.3, 0.4) is 0 Å². The number of aliphatic hydroxyl groups excluding tert-OH is 1. The minimum Gasteiger partial charge on any atom is -0.408 e. The molecule has 3 rings (SSSR count). The number of benzene rings is 1. The molecular formula is C13H16N2O4. The van der Waals surface area contributed by atoms with Gasteiger partial charge in [-0.3, -0.25) is 4.57 Å². The zero-order chi connectivity index (χ0) is 13.6. The maximum absolute atomic E-state index is 11.5. The summed E-state index contributed by atoms with van der Waals surface area (Å²) in [5, 5.41) is 10.1. The topological polar surface area (TPSA) is 90.6 Å². The smallest absolute Gasteiger partial charge is 0.408 e. The molecule has 19 heavy (non-hydrogen) atoms. The molecule has 1 aliphatic rings. The van der Waals surface area contributed by atoms with Crippen LogP contribution < -0.4 is 11.5 Å². The fourth-order valence-corrected chi connectivity index (χ4v) is 2.54. The number of nitrogens with two attached hydrogens (primary N) is 1. The van der Waals surface area contributed by atoms with Crippen LogP contribution in [-0.4, -0.2) is 35.5 Å². The van der Waals surface area contributed by atoms with E-state index < -0.39 is 17.3 Å². The van der Waals surface area contributed by atoms with Crippen molar-refractivity contribution in [3.8, 4) is 0 Å². The van der Waals surface area contributed by atoms with E-state index in [0.29, 0.717) is 24.3 Å². The first-order valence-corrected chi connectivity index (χ1v) is 6.14. The fourth-order valence-electron chi connectivity index (χ4n) is 2.54. The van der Waals surface area contributed by atoms with E-state index >= 15 is 0 Å². The molecule has 1 aliphatic heterocycles. The molecule has 3 N–H and O–H groups in total. The largest absolute Gasteiger partial charge is 0.419 e. The minimum atomic E-state index is -0.664. The molecule has 6 heteroatoms. The van der Waals surface area contributed by atoms with Crippen molar-refractivity contribution in [2.45, 2.75) is 11.5 Å². The van der Waals surface area contributed by atoms with Crippen molar-refractivity contribution >= 4 is 11.1 Å². The van der Waals surface area contributed by atoms with Crippen molar-refractivity contribution in [1.29, 1.82) is 0 Å². The Morgan fingerprint density at radius 2 is 2.26 bits per heavy atom. The van der Waals surface area contributed by atoms with Gasteiger partial charge in [-0.25, -0.2) is 4.79 Å². The number of fused-ring (bicyclic) bond motifs is 1. The summed E-state index contributed by atoms with van der Waals surface area (Å²) in [4.78, 5) is 11.5. The Kier molecular flexibility index (Phi) is 2.74.